The van der Waals surface area contributed by atoms with Crippen molar-refractivity contribution in [2.75, 3.05) is 6.61 Å². The van der Waals surface area contributed by atoms with E-state index in [0.29, 0.717) is 5.15 Å². The van der Waals surface area contributed by atoms with Crippen LogP contribution >= 0.6 is 22.9 Å². The van der Waals surface area contributed by atoms with E-state index in [1.54, 1.807) is 11.3 Å². The van der Waals surface area contributed by atoms with E-state index in [0.717, 1.165) is 35.5 Å². The Morgan fingerprint density at radius 2 is 2.40 bits per heavy atom. The molecule has 1 atom stereocenters. The molecule has 3 rings (SSSR count). The van der Waals surface area contributed by atoms with Gasteiger partial charge in [-0.3, -0.25) is 0 Å². The Bertz CT molecular complexity index is 493. The highest BCUT2D eigenvalue weighted by atomic mass is 35.5. The Hall–Kier alpha value is -0.710. The molecule has 5 heteroatoms. The lowest BCUT2D eigenvalue weighted by Crippen LogP contribution is -2.02. The molecular formula is C10H9ClN2OS. The monoisotopic (exact) mass is 240 g/mol. The number of hydrogen-bond acceptors (Lipinski definition) is 4. The van der Waals surface area contributed by atoms with E-state index < -0.39 is 0 Å². The molecule has 0 radical (unpaired) electrons. The lowest BCUT2D eigenvalue weighted by molar-refractivity contribution is 0.105. The molecule has 0 aliphatic carbocycles. The van der Waals surface area contributed by atoms with Crippen LogP contribution in [0.2, 0.25) is 5.15 Å². The van der Waals surface area contributed by atoms with Gasteiger partial charge in [0.1, 0.15) is 16.1 Å². The quantitative estimate of drug-likeness (QED) is 0.718. The first-order valence-corrected chi connectivity index (χ1v) is 6.12. The zero-order chi connectivity index (χ0) is 10.3. The Labute approximate surface area is 96.1 Å². The molecule has 78 valence electrons. The first kappa shape index (κ1) is 9.51. The lowest BCUT2D eigenvalue weighted by atomic mass is 10.2. The van der Waals surface area contributed by atoms with E-state index in [4.69, 9.17) is 16.3 Å². The number of nitrogens with zero attached hydrogens (tertiary/aromatic N) is 2. The number of hydrogen-bond donors (Lipinski definition) is 0. The van der Waals surface area contributed by atoms with Gasteiger partial charge in [0.25, 0.3) is 0 Å². The first-order chi connectivity index (χ1) is 7.34. The van der Waals surface area contributed by atoms with Crippen LogP contribution in [-0.4, -0.2) is 16.6 Å². The van der Waals surface area contributed by atoms with E-state index in [9.17, 15) is 0 Å². The molecule has 1 unspecified atom stereocenters. The molecule has 1 saturated heterocycles. The molecule has 0 saturated carbocycles. The van der Waals surface area contributed by atoms with Gasteiger partial charge in [-0.05, 0) is 24.3 Å². The predicted molar refractivity (Wildman–Crippen MR) is 60.4 cm³/mol. The van der Waals surface area contributed by atoms with Crippen LogP contribution in [0.4, 0.5) is 0 Å². The normalized spacial score (nSPS) is 21.3. The molecule has 0 N–H and O–H groups in total. The van der Waals surface area contributed by atoms with E-state index in [-0.39, 0.29) is 6.10 Å². The first-order valence-electron chi connectivity index (χ1n) is 4.87. The zero-order valence-corrected chi connectivity index (χ0v) is 9.51. The van der Waals surface area contributed by atoms with Crippen molar-refractivity contribution < 1.29 is 4.74 Å². The highest BCUT2D eigenvalue weighted by Gasteiger charge is 2.21. The van der Waals surface area contributed by atoms with Crippen molar-refractivity contribution in [3.63, 3.8) is 0 Å². The summed E-state index contributed by atoms with van der Waals surface area (Å²) in [6.45, 7) is 0.800. The van der Waals surface area contributed by atoms with Crippen LogP contribution in [-0.2, 0) is 4.74 Å². The van der Waals surface area contributed by atoms with Crippen molar-refractivity contribution >= 4 is 33.2 Å². The average Bonchev–Trinajstić information content (AvgIpc) is 2.88. The van der Waals surface area contributed by atoms with Crippen molar-refractivity contribution in [2.24, 2.45) is 0 Å². The van der Waals surface area contributed by atoms with Crippen molar-refractivity contribution in [1.29, 1.82) is 0 Å². The maximum atomic E-state index is 6.08. The van der Waals surface area contributed by atoms with Gasteiger partial charge in [0.2, 0.25) is 0 Å². The van der Waals surface area contributed by atoms with Crippen molar-refractivity contribution in [3.05, 3.63) is 22.4 Å². The molecule has 1 aliphatic heterocycles. The van der Waals surface area contributed by atoms with Gasteiger partial charge in [-0.25, -0.2) is 9.97 Å². The molecular weight excluding hydrogens is 232 g/mol. The Balaban J connectivity index is 2.11. The standard InChI is InChI=1S/C10H9ClN2OS/c11-8-6-3-5-15-10(6)13-9(12-8)7-2-1-4-14-7/h3,5,7H,1-2,4H2. The zero-order valence-electron chi connectivity index (χ0n) is 7.94. The van der Waals surface area contributed by atoms with Gasteiger partial charge < -0.3 is 4.74 Å². The van der Waals surface area contributed by atoms with E-state index in [2.05, 4.69) is 9.97 Å². The minimum Gasteiger partial charge on any atom is -0.370 e. The van der Waals surface area contributed by atoms with E-state index in [1.807, 2.05) is 11.4 Å². The minimum absolute atomic E-state index is 0.0361. The Morgan fingerprint density at radius 3 is 3.20 bits per heavy atom. The number of fused-ring (bicyclic) bond motifs is 1. The molecule has 1 fully saturated rings. The fourth-order valence-electron chi connectivity index (χ4n) is 1.76. The lowest BCUT2D eigenvalue weighted by Gasteiger charge is -2.07. The summed E-state index contributed by atoms with van der Waals surface area (Å²) in [6.07, 6.45) is 2.11. The summed E-state index contributed by atoms with van der Waals surface area (Å²) < 4.78 is 5.54. The summed E-state index contributed by atoms with van der Waals surface area (Å²) in [6, 6.07) is 1.95. The number of thiophene rings is 1. The molecule has 1 aliphatic rings. The van der Waals surface area contributed by atoms with Crippen LogP contribution in [0.1, 0.15) is 24.8 Å². The number of rotatable bonds is 1. The molecule has 2 aromatic heterocycles. The second-order valence-corrected chi connectivity index (χ2v) is 4.77. The molecule has 3 nitrogen and oxygen atoms in total. The summed E-state index contributed by atoms with van der Waals surface area (Å²) in [7, 11) is 0. The largest absolute Gasteiger partial charge is 0.370 e. The summed E-state index contributed by atoms with van der Waals surface area (Å²) >= 11 is 7.67. The topological polar surface area (TPSA) is 35.0 Å². The molecule has 0 amide bonds. The highest BCUT2D eigenvalue weighted by Crippen LogP contribution is 2.31. The van der Waals surface area contributed by atoms with Crippen LogP contribution in [0.15, 0.2) is 11.4 Å². The van der Waals surface area contributed by atoms with Gasteiger partial charge in [0.05, 0.1) is 0 Å². The molecule has 0 bridgehead atoms. The number of halogens is 1. The van der Waals surface area contributed by atoms with Gasteiger partial charge in [-0.15, -0.1) is 11.3 Å². The summed E-state index contributed by atoms with van der Waals surface area (Å²) in [5, 5.41) is 3.44. The average molecular weight is 241 g/mol. The third-order valence-electron chi connectivity index (χ3n) is 2.51. The third kappa shape index (κ3) is 1.62. The fourth-order valence-corrected chi connectivity index (χ4v) is 2.83. The second kappa shape index (κ2) is 3.70. The summed E-state index contributed by atoms with van der Waals surface area (Å²) in [5.74, 6) is 0.729. The maximum Gasteiger partial charge on any atom is 0.160 e. The third-order valence-corrected chi connectivity index (χ3v) is 3.61. The molecule has 2 aromatic rings. The van der Waals surface area contributed by atoms with Gasteiger partial charge in [-0.2, -0.15) is 0 Å². The Kier molecular flexibility index (Phi) is 2.35. The van der Waals surface area contributed by atoms with Crippen LogP contribution in [0.3, 0.4) is 0 Å². The Morgan fingerprint density at radius 1 is 1.47 bits per heavy atom. The van der Waals surface area contributed by atoms with Crippen LogP contribution < -0.4 is 0 Å². The summed E-state index contributed by atoms with van der Waals surface area (Å²) in [5.41, 5.74) is 0. The van der Waals surface area contributed by atoms with Crippen molar-refractivity contribution in [3.8, 4) is 0 Å². The number of aromatic nitrogens is 2. The molecule has 15 heavy (non-hydrogen) atoms. The van der Waals surface area contributed by atoms with Crippen molar-refractivity contribution in [1.82, 2.24) is 9.97 Å². The molecule has 3 heterocycles. The fraction of sp³-hybridized carbons (Fsp3) is 0.400. The SMILES string of the molecule is Clc1nc(C2CCCO2)nc2sccc12. The van der Waals surface area contributed by atoms with Crippen LogP contribution in [0.5, 0.6) is 0 Å². The minimum atomic E-state index is 0.0361. The van der Waals surface area contributed by atoms with Crippen LogP contribution in [0, 0.1) is 0 Å². The second-order valence-electron chi connectivity index (χ2n) is 3.51. The van der Waals surface area contributed by atoms with Crippen LogP contribution in [0.25, 0.3) is 10.2 Å². The molecule has 0 aromatic carbocycles. The van der Waals surface area contributed by atoms with E-state index in [1.165, 1.54) is 0 Å². The smallest absolute Gasteiger partial charge is 0.160 e. The van der Waals surface area contributed by atoms with E-state index >= 15 is 0 Å². The van der Waals surface area contributed by atoms with Gasteiger partial charge in [0.15, 0.2) is 5.82 Å². The number of ether oxygens (including phenoxy) is 1. The van der Waals surface area contributed by atoms with Gasteiger partial charge in [-0.1, -0.05) is 11.6 Å². The van der Waals surface area contributed by atoms with Gasteiger partial charge >= 0.3 is 0 Å². The van der Waals surface area contributed by atoms with Gasteiger partial charge in [0, 0.05) is 12.0 Å². The highest BCUT2D eigenvalue weighted by molar-refractivity contribution is 7.16. The predicted octanol–water partition coefficient (Wildman–Crippen LogP) is 3.20. The maximum absolute atomic E-state index is 6.08. The summed E-state index contributed by atoms with van der Waals surface area (Å²) in [4.78, 5) is 9.71. The van der Waals surface area contributed by atoms with Crippen molar-refractivity contribution in [2.45, 2.75) is 18.9 Å². The molecule has 0 spiro atoms.